The molecule has 4 aromatic carbocycles. The lowest BCUT2D eigenvalue weighted by atomic mass is 10.0. The normalized spacial score (nSPS) is 14.5. The minimum atomic E-state index is 0.122. The fourth-order valence-corrected chi connectivity index (χ4v) is 5.61. The summed E-state index contributed by atoms with van der Waals surface area (Å²) in [6.45, 7) is 0. The van der Waals surface area contributed by atoms with Crippen LogP contribution >= 0.6 is 17.6 Å². The Morgan fingerprint density at radius 2 is 0.935 bits per heavy atom. The predicted octanol–water partition coefficient (Wildman–Crippen LogP) is 5.55. The van der Waals surface area contributed by atoms with E-state index in [0.717, 1.165) is 44.4 Å². The third-order valence-corrected chi connectivity index (χ3v) is 7.26. The van der Waals surface area contributed by atoms with Crippen LogP contribution in [0.2, 0.25) is 0 Å². The summed E-state index contributed by atoms with van der Waals surface area (Å²) in [6.07, 6.45) is 0. The summed E-state index contributed by atoms with van der Waals surface area (Å²) < 4.78 is 11.8. The molecule has 152 valence electrons. The van der Waals surface area contributed by atoms with Gasteiger partial charge in [-0.2, -0.15) is 0 Å². The molecule has 2 heterocycles. The summed E-state index contributed by atoms with van der Waals surface area (Å²) in [5, 5.41) is 7.10. The quantitative estimate of drug-likeness (QED) is 0.234. The Bertz CT molecular complexity index is 1190. The summed E-state index contributed by atoms with van der Waals surface area (Å²) >= 11 is 0. The molecule has 0 amide bonds. The molecule has 7 heteroatoms. The molecule has 0 N–H and O–H groups in total. The SMILES string of the molecule is c1ccc2c(c1)OPc1c(OOOc3cccc4c3POc3ccccc3-4)cccc1-2. The van der Waals surface area contributed by atoms with Crippen LogP contribution in [-0.2, 0) is 5.04 Å². The average Bonchev–Trinajstić information content (AvgIpc) is 2.84. The van der Waals surface area contributed by atoms with Crippen molar-refractivity contribution in [1.82, 2.24) is 0 Å². The lowest BCUT2D eigenvalue weighted by Gasteiger charge is -2.22. The van der Waals surface area contributed by atoms with Crippen molar-refractivity contribution in [2.24, 2.45) is 0 Å². The van der Waals surface area contributed by atoms with Gasteiger partial charge in [0.15, 0.2) is 11.5 Å². The van der Waals surface area contributed by atoms with Crippen LogP contribution in [0.4, 0.5) is 0 Å². The summed E-state index contributed by atoms with van der Waals surface area (Å²) in [4.78, 5) is 11.1. The van der Waals surface area contributed by atoms with Crippen LogP contribution in [0.25, 0.3) is 22.3 Å². The second kappa shape index (κ2) is 7.86. The molecule has 2 aliphatic heterocycles. The van der Waals surface area contributed by atoms with Crippen molar-refractivity contribution >= 4 is 28.2 Å². The van der Waals surface area contributed by atoms with Gasteiger partial charge >= 0.3 is 0 Å². The Balaban J connectivity index is 1.24. The van der Waals surface area contributed by atoms with E-state index in [1.54, 1.807) is 0 Å². The molecule has 5 nitrogen and oxygen atoms in total. The van der Waals surface area contributed by atoms with E-state index in [4.69, 9.17) is 23.9 Å². The number of para-hydroxylation sites is 2. The van der Waals surface area contributed by atoms with Crippen molar-refractivity contribution in [2.45, 2.75) is 0 Å². The first-order valence-corrected chi connectivity index (χ1v) is 11.5. The highest BCUT2D eigenvalue weighted by molar-refractivity contribution is 7.43. The number of hydrogen-bond acceptors (Lipinski definition) is 5. The zero-order valence-corrected chi connectivity index (χ0v) is 18.1. The van der Waals surface area contributed by atoms with Gasteiger partial charge in [0, 0.05) is 27.3 Å². The van der Waals surface area contributed by atoms with E-state index in [-0.39, 0.29) is 17.6 Å². The van der Waals surface area contributed by atoms with Gasteiger partial charge in [-0.3, -0.25) is 9.78 Å². The third kappa shape index (κ3) is 3.32. The Kier molecular flexibility index (Phi) is 4.73. The zero-order valence-electron chi connectivity index (χ0n) is 16.1. The largest absolute Gasteiger partial charge is 0.472 e. The van der Waals surface area contributed by atoms with Crippen molar-refractivity contribution in [1.29, 1.82) is 0 Å². The molecule has 0 bridgehead atoms. The molecule has 2 atom stereocenters. The Hall–Kier alpha value is -3.10. The van der Waals surface area contributed by atoms with Gasteiger partial charge in [-0.05, 0) is 24.3 Å². The first-order valence-electron chi connectivity index (χ1n) is 9.70. The van der Waals surface area contributed by atoms with Crippen molar-refractivity contribution < 1.29 is 23.9 Å². The molecule has 0 radical (unpaired) electrons. The monoisotopic (exact) mass is 446 g/mol. The second-order valence-corrected chi connectivity index (χ2v) is 8.81. The van der Waals surface area contributed by atoms with Gasteiger partial charge < -0.3 is 9.05 Å². The van der Waals surface area contributed by atoms with Crippen LogP contribution in [0.1, 0.15) is 0 Å². The fraction of sp³-hybridized carbons (Fsp3) is 0. The molecule has 0 saturated heterocycles. The number of benzene rings is 4. The fourth-order valence-electron chi connectivity index (χ4n) is 3.72. The summed E-state index contributed by atoms with van der Waals surface area (Å²) in [7, 11) is 0.244. The maximum absolute atomic E-state index is 5.90. The topological polar surface area (TPSA) is 46.2 Å². The molecule has 0 spiro atoms. The van der Waals surface area contributed by atoms with Gasteiger partial charge in [0.1, 0.15) is 29.1 Å². The molecular formula is C24H16O5P2. The van der Waals surface area contributed by atoms with Crippen molar-refractivity contribution in [3.05, 3.63) is 84.9 Å². The van der Waals surface area contributed by atoms with Crippen LogP contribution in [0.5, 0.6) is 23.0 Å². The predicted molar refractivity (Wildman–Crippen MR) is 123 cm³/mol. The van der Waals surface area contributed by atoms with Crippen molar-refractivity contribution in [2.75, 3.05) is 0 Å². The molecule has 4 aromatic rings. The van der Waals surface area contributed by atoms with Crippen LogP contribution < -0.4 is 29.4 Å². The van der Waals surface area contributed by atoms with Gasteiger partial charge in [0.25, 0.3) is 0 Å². The first kappa shape index (κ1) is 18.7. The molecule has 31 heavy (non-hydrogen) atoms. The van der Waals surface area contributed by atoms with E-state index in [1.807, 2.05) is 72.8 Å². The first-order chi connectivity index (χ1) is 15.4. The van der Waals surface area contributed by atoms with E-state index < -0.39 is 0 Å². The Morgan fingerprint density at radius 3 is 1.45 bits per heavy atom. The molecule has 0 aliphatic carbocycles. The zero-order chi connectivity index (χ0) is 20.6. The summed E-state index contributed by atoms with van der Waals surface area (Å²) in [5.74, 6) is 2.89. The van der Waals surface area contributed by atoms with E-state index in [9.17, 15) is 0 Å². The van der Waals surface area contributed by atoms with Crippen molar-refractivity contribution in [3.63, 3.8) is 0 Å². The Morgan fingerprint density at radius 1 is 0.484 bits per heavy atom. The van der Waals surface area contributed by atoms with Gasteiger partial charge in [-0.15, -0.1) is 0 Å². The maximum Gasteiger partial charge on any atom is 0.181 e. The molecule has 0 aromatic heterocycles. The molecule has 2 unspecified atom stereocenters. The molecule has 2 aliphatic rings. The smallest absolute Gasteiger partial charge is 0.181 e. The summed E-state index contributed by atoms with van der Waals surface area (Å²) in [5.41, 5.74) is 4.23. The Labute approximate surface area is 182 Å². The highest BCUT2D eigenvalue weighted by atomic mass is 31.1. The highest BCUT2D eigenvalue weighted by Crippen LogP contribution is 2.43. The van der Waals surface area contributed by atoms with E-state index in [2.05, 4.69) is 12.1 Å². The average molecular weight is 446 g/mol. The number of fused-ring (bicyclic) bond motifs is 6. The molecule has 0 saturated carbocycles. The standard InChI is InChI=1S/C24H16O5P2/c1-3-11-19-15(7-1)17-9-5-13-21(23(17)30-27-19)25-29-26-22-14-6-10-18-16-8-2-4-12-20(16)28-31-24(18)22/h1-14,30-31H. The van der Waals surface area contributed by atoms with Crippen molar-refractivity contribution in [3.8, 4) is 45.3 Å². The van der Waals surface area contributed by atoms with Gasteiger partial charge in [0.2, 0.25) is 0 Å². The van der Waals surface area contributed by atoms with E-state index in [0.29, 0.717) is 11.5 Å². The number of hydrogen-bond donors (Lipinski definition) is 0. The molecule has 0 fully saturated rings. The van der Waals surface area contributed by atoms with E-state index >= 15 is 0 Å². The number of rotatable bonds is 4. The van der Waals surface area contributed by atoms with Crippen LogP contribution in [0.15, 0.2) is 84.9 Å². The van der Waals surface area contributed by atoms with Gasteiger partial charge in [-0.1, -0.05) is 60.7 Å². The van der Waals surface area contributed by atoms with Crippen LogP contribution in [0.3, 0.4) is 0 Å². The minimum absolute atomic E-state index is 0.122. The summed E-state index contributed by atoms with van der Waals surface area (Å²) in [6, 6.07) is 27.6. The van der Waals surface area contributed by atoms with Gasteiger partial charge in [-0.25, -0.2) is 0 Å². The maximum atomic E-state index is 5.90. The lowest BCUT2D eigenvalue weighted by Crippen LogP contribution is -2.16. The van der Waals surface area contributed by atoms with Crippen LogP contribution in [0, 0.1) is 0 Å². The second-order valence-electron chi connectivity index (χ2n) is 6.99. The van der Waals surface area contributed by atoms with E-state index in [1.165, 1.54) is 0 Å². The molecular weight excluding hydrogens is 430 g/mol. The molecule has 6 rings (SSSR count). The third-order valence-electron chi connectivity index (χ3n) is 5.18. The van der Waals surface area contributed by atoms with Gasteiger partial charge in [0.05, 0.1) is 10.6 Å². The minimum Gasteiger partial charge on any atom is -0.472 e. The highest BCUT2D eigenvalue weighted by Gasteiger charge is 2.23. The lowest BCUT2D eigenvalue weighted by molar-refractivity contribution is -0.410. The van der Waals surface area contributed by atoms with Crippen LogP contribution in [-0.4, -0.2) is 0 Å².